The van der Waals surface area contributed by atoms with E-state index in [-0.39, 0.29) is 18.5 Å². The number of aryl methyl sites for hydroxylation is 1. The molecule has 0 saturated carbocycles. The third kappa shape index (κ3) is 4.15. The van der Waals surface area contributed by atoms with Crippen molar-refractivity contribution in [3.63, 3.8) is 0 Å². The number of hydrogen-bond acceptors (Lipinski definition) is 8. The molecule has 1 aliphatic heterocycles. The Bertz CT molecular complexity index is 963. The molecule has 0 spiro atoms. The second kappa shape index (κ2) is 9.30. The van der Waals surface area contributed by atoms with Crippen LogP contribution in [0.4, 0.5) is 0 Å². The molecule has 9 heteroatoms. The van der Waals surface area contributed by atoms with Crippen LogP contribution in [0.15, 0.2) is 24.3 Å². The van der Waals surface area contributed by atoms with E-state index in [4.69, 9.17) is 4.74 Å². The molecule has 162 valence electrons. The Labute approximate surface area is 180 Å². The number of aromatic nitrogens is 3. The molecule has 1 saturated heterocycles. The Morgan fingerprint density at radius 1 is 1.13 bits per heavy atom. The summed E-state index contributed by atoms with van der Waals surface area (Å²) in [4.78, 5) is 10.8. The number of aliphatic hydroxyl groups excluding tert-OH is 1. The van der Waals surface area contributed by atoms with Crippen molar-refractivity contribution in [3.8, 4) is 11.6 Å². The van der Waals surface area contributed by atoms with Gasteiger partial charge in [0.2, 0.25) is 10.8 Å². The summed E-state index contributed by atoms with van der Waals surface area (Å²) in [6, 6.07) is 8.02. The molecule has 0 amide bonds. The van der Waals surface area contributed by atoms with E-state index >= 15 is 0 Å². The van der Waals surface area contributed by atoms with Crippen molar-refractivity contribution in [3.05, 3.63) is 40.5 Å². The van der Waals surface area contributed by atoms with Gasteiger partial charge in [-0.25, -0.2) is 4.98 Å². The van der Waals surface area contributed by atoms with Gasteiger partial charge in [-0.2, -0.15) is 4.52 Å². The van der Waals surface area contributed by atoms with Crippen LogP contribution in [-0.2, 0) is 6.42 Å². The highest BCUT2D eigenvalue weighted by molar-refractivity contribution is 7.17. The van der Waals surface area contributed by atoms with Crippen LogP contribution in [0.25, 0.3) is 4.96 Å². The molecular weight excluding hydrogens is 402 g/mol. The Kier molecular flexibility index (Phi) is 6.52. The fourth-order valence-corrected chi connectivity index (χ4v) is 5.08. The molecule has 1 aromatic carbocycles. The summed E-state index contributed by atoms with van der Waals surface area (Å²) in [6.07, 6.45) is 0.734. The Hall–Kier alpha value is -2.20. The zero-order valence-electron chi connectivity index (χ0n) is 17.5. The number of aliphatic hydroxyl groups is 1. The summed E-state index contributed by atoms with van der Waals surface area (Å²) in [7, 11) is 0. The van der Waals surface area contributed by atoms with E-state index in [1.165, 1.54) is 11.3 Å². The minimum Gasteiger partial charge on any atom is -0.494 e. The smallest absolute Gasteiger partial charge is 0.230 e. The van der Waals surface area contributed by atoms with E-state index < -0.39 is 0 Å². The van der Waals surface area contributed by atoms with Gasteiger partial charge in [0, 0.05) is 39.1 Å². The van der Waals surface area contributed by atoms with Gasteiger partial charge in [-0.1, -0.05) is 30.4 Å². The quantitative estimate of drug-likeness (QED) is 0.565. The average molecular weight is 432 g/mol. The molecule has 0 unspecified atom stereocenters. The molecule has 0 radical (unpaired) electrons. The molecule has 2 aromatic heterocycles. The van der Waals surface area contributed by atoms with Crippen molar-refractivity contribution in [2.45, 2.75) is 26.3 Å². The topological polar surface area (TPSA) is 86.4 Å². The second-order valence-corrected chi connectivity index (χ2v) is 8.38. The molecule has 1 atom stereocenters. The van der Waals surface area contributed by atoms with Crippen molar-refractivity contribution in [2.75, 3.05) is 45.9 Å². The third-order valence-corrected chi connectivity index (χ3v) is 6.58. The third-order valence-electron chi connectivity index (χ3n) is 5.50. The molecule has 3 heterocycles. The number of aromatic hydroxyl groups is 1. The minimum atomic E-state index is -0.0875. The van der Waals surface area contributed by atoms with Crippen molar-refractivity contribution >= 4 is 16.3 Å². The van der Waals surface area contributed by atoms with Crippen molar-refractivity contribution in [1.29, 1.82) is 0 Å². The van der Waals surface area contributed by atoms with Gasteiger partial charge in [-0.05, 0) is 24.6 Å². The number of fused-ring (bicyclic) bond motifs is 1. The van der Waals surface area contributed by atoms with E-state index in [9.17, 15) is 10.2 Å². The Morgan fingerprint density at radius 3 is 2.47 bits per heavy atom. The standard InChI is InChI=1S/C21H29N5O3S/c1-3-17-22-21-26(23-17)20(28)19(30-21)18(15-5-7-16(8-6-15)29-4-2)25-11-9-24(10-12-25)13-14-27/h5-8,18,27-28H,3-4,9-14H2,1-2H3/t18-/m0/s1. The lowest BCUT2D eigenvalue weighted by atomic mass is 10.0. The number of benzene rings is 1. The first-order chi connectivity index (χ1) is 14.6. The maximum Gasteiger partial charge on any atom is 0.230 e. The van der Waals surface area contributed by atoms with Crippen LogP contribution in [0.5, 0.6) is 11.6 Å². The molecule has 2 N–H and O–H groups in total. The lowest BCUT2D eigenvalue weighted by molar-refractivity contribution is 0.0945. The Morgan fingerprint density at radius 2 is 1.87 bits per heavy atom. The van der Waals surface area contributed by atoms with Crippen LogP contribution >= 0.6 is 11.3 Å². The highest BCUT2D eigenvalue weighted by Crippen LogP contribution is 2.40. The van der Waals surface area contributed by atoms with Crippen LogP contribution in [0.2, 0.25) is 0 Å². The van der Waals surface area contributed by atoms with Gasteiger partial charge in [0.05, 0.1) is 24.1 Å². The van der Waals surface area contributed by atoms with Crippen molar-refractivity contribution < 1.29 is 14.9 Å². The summed E-state index contributed by atoms with van der Waals surface area (Å²) >= 11 is 1.50. The fourth-order valence-electron chi connectivity index (χ4n) is 3.95. The summed E-state index contributed by atoms with van der Waals surface area (Å²) in [5, 5.41) is 24.7. The molecule has 0 bridgehead atoms. The van der Waals surface area contributed by atoms with Gasteiger partial charge in [-0.15, -0.1) is 5.10 Å². The molecule has 3 aromatic rings. The van der Waals surface area contributed by atoms with E-state index in [1.54, 1.807) is 4.52 Å². The van der Waals surface area contributed by atoms with Crippen molar-refractivity contribution in [2.24, 2.45) is 0 Å². The molecule has 0 aliphatic carbocycles. The molecule has 4 rings (SSSR count). The fraction of sp³-hybridized carbons (Fsp3) is 0.524. The SMILES string of the molecule is CCOc1ccc([C@@H](c2sc3nc(CC)nn3c2O)N2CCN(CCO)CC2)cc1. The normalized spacial score (nSPS) is 16.9. The predicted octanol–water partition coefficient (Wildman–Crippen LogP) is 2.16. The van der Waals surface area contributed by atoms with Gasteiger partial charge in [0.15, 0.2) is 5.82 Å². The lowest BCUT2D eigenvalue weighted by Crippen LogP contribution is -2.48. The first-order valence-electron chi connectivity index (χ1n) is 10.5. The van der Waals surface area contributed by atoms with E-state index in [2.05, 4.69) is 32.0 Å². The van der Waals surface area contributed by atoms with Gasteiger partial charge >= 0.3 is 0 Å². The largest absolute Gasteiger partial charge is 0.494 e. The van der Waals surface area contributed by atoms with Crippen molar-refractivity contribution in [1.82, 2.24) is 24.4 Å². The number of rotatable bonds is 8. The van der Waals surface area contributed by atoms with E-state index in [0.717, 1.165) is 54.6 Å². The second-order valence-electron chi connectivity index (χ2n) is 7.37. The highest BCUT2D eigenvalue weighted by Gasteiger charge is 2.31. The molecule has 1 aliphatic rings. The summed E-state index contributed by atoms with van der Waals surface area (Å²) in [5.74, 6) is 1.74. The summed E-state index contributed by atoms with van der Waals surface area (Å²) < 4.78 is 7.16. The number of ether oxygens (including phenoxy) is 1. The highest BCUT2D eigenvalue weighted by atomic mass is 32.1. The molecular formula is C21H29N5O3S. The number of nitrogens with zero attached hydrogens (tertiary/aromatic N) is 5. The molecule has 8 nitrogen and oxygen atoms in total. The van der Waals surface area contributed by atoms with Crippen LogP contribution in [0, 0.1) is 0 Å². The van der Waals surface area contributed by atoms with Gasteiger partial charge in [-0.3, -0.25) is 9.80 Å². The summed E-state index contributed by atoms with van der Waals surface area (Å²) in [6.45, 7) is 8.96. The zero-order chi connectivity index (χ0) is 21.1. The summed E-state index contributed by atoms with van der Waals surface area (Å²) in [5.41, 5.74) is 1.10. The van der Waals surface area contributed by atoms with Gasteiger partial charge < -0.3 is 14.9 Å². The number of hydrogen-bond donors (Lipinski definition) is 2. The van der Waals surface area contributed by atoms with Gasteiger partial charge in [0.1, 0.15) is 5.75 Å². The number of piperazine rings is 1. The van der Waals surface area contributed by atoms with Gasteiger partial charge in [0.25, 0.3) is 0 Å². The van der Waals surface area contributed by atoms with Crippen LogP contribution in [0.3, 0.4) is 0 Å². The minimum absolute atomic E-state index is 0.0875. The van der Waals surface area contributed by atoms with E-state index in [0.29, 0.717) is 18.1 Å². The monoisotopic (exact) mass is 431 g/mol. The first kappa shape index (κ1) is 21.0. The number of thiazole rings is 1. The maximum atomic E-state index is 11.0. The van der Waals surface area contributed by atoms with E-state index in [1.807, 2.05) is 26.0 Å². The number of β-amino-alcohol motifs (C(OH)–C–C–N with tert-alkyl or cyclic N) is 1. The predicted molar refractivity (Wildman–Crippen MR) is 116 cm³/mol. The first-order valence-corrected chi connectivity index (χ1v) is 11.3. The van der Waals surface area contributed by atoms with Crippen LogP contribution in [-0.4, -0.2) is 80.5 Å². The zero-order valence-corrected chi connectivity index (χ0v) is 18.3. The maximum absolute atomic E-state index is 11.0. The van der Waals surface area contributed by atoms with Crippen LogP contribution in [0.1, 0.15) is 36.2 Å². The molecule has 1 fully saturated rings. The lowest BCUT2D eigenvalue weighted by Gasteiger charge is -2.39. The average Bonchev–Trinajstić information content (AvgIpc) is 3.30. The Balaban J connectivity index is 1.68. The van der Waals surface area contributed by atoms with Crippen LogP contribution < -0.4 is 4.74 Å². The molecule has 30 heavy (non-hydrogen) atoms.